The first-order chi connectivity index (χ1) is 53.7. The molecule has 11 amide bonds. The molecule has 20 atom stereocenters. The summed E-state index contributed by atoms with van der Waals surface area (Å²) in [7, 11) is 9.56. The number of hydrogen-bond donors (Lipinski definition) is 6. The molecule has 1 heterocycles. The lowest BCUT2D eigenvalue weighted by Gasteiger charge is -2.62. The Hall–Kier alpha value is -8.15. The van der Waals surface area contributed by atoms with Crippen LogP contribution in [0.25, 0.3) is 0 Å². The van der Waals surface area contributed by atoms with Crippen molar-refractivity contribution in [2.75, 3.05) is 62.5 Å². The molecule has 0 aromatic heterocycles. The summed E-state index contributed by atoms with van der Waals surface area (Å²) < 4.78 is 30.1. The molecule has 0 radical (unpaired) electrons. The van der Waals surface area contributed by atoms with Gasteiger partial charge in [-0.2, -0.15) is 0 Å². The molecular formula is C86H140FN11O18. The summed E-state index contributed by atoms with van der Waals surface area (Å²) >= 11 is 0. The average Bonchev–Trinajstić information content (AvgIpc) is 1.44. The fraction of sp³-hybridized carbons (Fsp3) is 0.767. The third-order valence-electron chi connectivity index (χ3n) is 25.5. The SMILES string of the molecule is C/C=C/C[C@@H](C)C(OC(=O)OCCC(=O)[C@@]1(O)[C@H](C)CC2C3CCC4=CC(=O)C=C[C@]4(C)[C@@]3(F)[C@@H](O)C[C@@]21C)C1C(=O)NC(CC)C(=O)N(C)CC(=O)N(C)[C@@H](CC(C)C)C(=O)NC(C(C)C)C(=O)N(C)C(CC(C)C)C(=O)NC(C)C(=O)NC(C)C(=O)N(C)C(CC(C)C)C(=O)N(C)C(CC(C)C)C(=O)N(C)C(C(C)C)C(=O)N1C. The van der Waals surface area contributed by atoms with Crippen molar-refractivity contribution < 1.29 is 91.2 Å². The number of likely N-dealkylation sites (N-methyl/N-ethyl adjacent to an activating group) is 7. The number of carbonyl (C=O) groups excluding carboxylic acids is 14. The molecule has 0 bridgehead atoms. The van der Waals surface area contributed by atoms with Crippen molar-refractivity contribution in [2.45, 2.75) is 293 Å². The topological polar surface area (TPSA) is 369 Å². The molecule has 3 saturated carbocycles. The highest BCUT2D eigenvalue weighted by Gasteiger charge is 2.75. The van der Waals surface area contributed by atoms with Crippen molar-refractivity contribution in [2.24, 2.45) is 70.0 Å². The lowest BCUT2D eigenvalue weighted by molar-refractivity contribution is -0.219. The largest absolute Gasteiger partial charge is 0.508 e. The average molecular weight is 1640 g/mol. The van der Waals surface area contributed by atoms with Crippen LogP contribution in [-0.2, 0) is 71.8 Å². The van der Waals surface area contributed by atoms with Crippen LogP contribution in [0.5, 0.6) is 0 Å². The van der Waals surface area contributed by atoms with Gasteiger partial charge in [-0.05, 0) is 157 Å². The van der Waals surface area contributed by atoms with Crippen molar-refractivity contribution in [1.82, 2.24) is 55.6 Å². The molecule has 116 heavy (non-hydrogen) atoms. The molecule has 12 unspecified atom stereocenters. The van der Waals surface area contributed by atoms with E-state index in [4.69, 9.17) is 9.47 Å². The summed E-state index contributed by atoms with van der Waals surface area (Å²) in [6.07, 6.45) is 3.09. The van der Waals surface area contributed by atoms with Gasteiger partial charge in [0, 0.05) is 72.5 Å². The molecule has 4 aliphatic carbocycles. The predicted molar refractivity (Wildman–Crippen MR) is 436 cm³/mol. The third kappa shape index (κ3) is 21.3. The first-order valence-electron chi connectivity index (χ1n) is 41.8. The summed E-state index contributed by atoms with van der Waals surface area (Å²) in [6, 6.07) is -13.6. The van der Waals surface area contributed by atoms with Gasteiger partial charge in [-0.1, -0.05) is 135 Å². The summed E-state index contributed by atoms with van der Waals surface area (Å²) in [4.78, 5) is 215. The number of Topliss-reactive ketones (excluding diaryl/α,β-unsaturated/α-hetero) is 1. The van der Waals surface area contributed by atoms with Crippen LogP contribution >= 0.6 is 0 Å². The number of nitrogens with zero attached hydrogens (tertiary/aromatic N) is 7. The van der Waals surface area contributed by atoms with Crippen LogP contribution in [0.1, 0.15) is 209 Å². The van der Waals surface area contributed by atoms with E-state index in [1.807, 2.05) is 55.4 Å². The van der Waals surface area contributed by atoms with Crippen LogP contribution in [-0.4, -0.2) is 274 Å². The normalized spacial score (nSPS) is 32.8. The first-order valence-corrected chi connectivity index (χ1v) is 41.8. The smallest absolute Gasteiger partial charge is 0.434 e. The van der Waals surface area contributed by atoms with Crippen LogP contribution < -0.4 is 21.3 Å². The molecule has 29 nitrogen and oxygen atoms in total. The number of carbonyl (C=O) groups is 14. The maximum Gasteiger partial charge on any atom is 0.508 e. The van der Waals surface area contributed by atoms with Gasteiger partial charge in [0.25, 0.3) is 0 Å². The van der Waals surface area contributed by atoms with E-state index >= 15 is 23.6 Å². The number of hydrogen-bond acceptors (Lipinski definition) is 18. The number of aliphatic hydroxyl groups is 2. The molecule has 654 valence electrons. The molecular weight excluding hydrogens is 1490 g/mol. The van der Waals surface area contributed by atoms with E-state index in [-0.39, 0.29) is 87.2 Å². The second-order valence-electron chi connectivity index (χ2n) is 36.6. The first kappa shape index (κ1) is 98.4. The van der Waals surface area contributed by atoms with Crippen molar-refractivity contribution in [1.29, 1.82) is 0 Å². The number of nitrogens with one attached hydrogen (secondary N) is 4. The Morgan fingerprint density at radius 2 is 1.10 bits per heavy atom. The van der Waals surface area contributed by atoms with E-state index in [0.29, 0.717) is 12.0 Å². The Morgan fingerprint density at radius 1 is 0.603 bits per heavy atom. The van der Waals surface area contributed by atoms with Gasteiger partial charge in [0.15, 0.2) is 17.2 Å². The van der Waals surface area contributed by atoms with Gasteiger partial charge in [0.2, 0.25) is 65.0 Å². The molecule has 0 spiro atoms. The van der Waals surface area contributed by atoms with E-state index < -0.39 is 227 Å². The van der Waals surface area contributed by atoms with Crippen LogP contribution in [0.4, 0.5) is 9.18 Å². The highest BCUT2D eigenvalue weighted by atomic mass is 19.1. The number of allylic oxidation sites excluding steroid dienone is 6. The van der Waals surface area contributed by atoms with Crippen LogP contribution in [0.2, 0.25) is 0 Å². The Balaban J connectivity index is 1.64. The predicted octanol–water partition coefficient (Wildman–Crippen LogP) is 6.74. The number of ether oxygens (including phenoxy) is 2. The molecule has 6 N–H and O–H groups in total. The van der Waals surface area contributed by atoms with Gasteiger partial charge < -0.3 is 75.3 Å². The van der Waals surface area contributed by atoms with E-state index in [2.05, 4.69) is 21.3 Å². The van der Waals surface area contributed by atoms with Gasteiger partial charge in [0.05, 0.1) is 12.6 Å². The summed E-state index contributed by atoms with van der Waals surface area (Å²) in [5.74, 6) is -14.8. The van der Waals surface area contributed by atoms with Gasteiger partial charge >= 0.3 is 6.16 Å². The second kappa shape index (κ2) is 40.5. The van der Waals surface area contributed by atoms with E-state index in [1.54, 1.807) is 81.4 Å². The Bertz CT molecular complexity index is 3690. The summed E-state index contributed by atoms with van der Waals surface area (Å²) in [5.41, 5.74) is -6.55. The molecule has 5 rings (SSSR count). The van der Waals surface area contributed by atoms with Gasteiger partial charge in [-0.15, -0.1) is 0 Å². The number of ketones is 2. The molecule has 4 fully saturated rings. The van der Waals surface area contributed by atoms with Gasteiger partial charge in [-0.3, -0.25) is 62.3 Å². The zero-order chi connectivity index (χ0) is 88.4. The molecule has 1 saturated heterocycles. The fourth-order valence-electron chi connectivity index (χ4n) is 18.5. The van der Waals surface area contributed by atoms with Crippen molar-refractivity contribution in [3.05, 3.63) is 36.0 Å². The van der Waals surface area contributed by atoms with E-state index in [9.17, 15) is 58.2 Å². The second-order valence-corrected chi connectivity index (χ2v) is 36.6. The quantitative estimate of drug-likeness (QED) is 0.0543. The number of alkyl halides is 1. The highest BCUT2D eigenvalue weighted by Crippen LogP contribution is 2.71. The third-order valence-corrected chi connectivity index (χ3v) is 25.5. The minimum absolute atomic E-state index is 0.0404. The highest BCUT2D eigenvalue weighted by molar-refractivity contribution is 6.02. The van der Waals surface area contributed by atoms with Crippen molar-refractivity contribution in [3.8, 4) is 0 Å². The van der Waals surface area contributed by atoms with Gasteiger partial charge in [0.1, 0.15) is 78.7 Å². The molecule has 1 aliphatic heterocycles. The molecule has 0 aromatic carbocycles. The maximum atomic E-state index is 18.1. The lowest BCUT2D eigenvalue weighted by atomic mass is 9.44. The van der Waals surface area contributed by atoms with Crippen molar-refractivity contribution >= 4 is 82.7 Å². The lowest BCUT2D eigenvalue weighted by Crippen LogP contribution is -2.69. The van der Waals surface area contributed by atoms with Gasteiger partial charge in [-0.25, -0.2) is 9.18 Å². The Morgan fingerprint density at radius 3 is 1.63 bits per heavy atom. The standard InChI is InChI=1S/C86H140FN11O18/c1-28-30-31-52(15)71(116-82(113)115-37-35-65(100)86(114)53(16)42-59-58-33-32-56-43-57(99)34-36-83(56,19)85(58,87)66(101)44-84(59,86)20)70-75(106)90-60(29-2)77(108)92(21)45-67(102)93(22)61(38-46(3)4)74(105)91-68(50(11)12)80(111)94(23)62(39-47(5)6)73(104)88-54(17)72(103)89-55(18)76(107)95(24)63(40-48(7)8)78(109)96(25)64(41-49(9)10)79(110)97(26)69(51(13)14)81(112)98(70)27/h28,30,34,36,43,46-55,58-64,66,68-71,101,114H,29,31-33,35,37-42,44-45H2,1-27H3,(H,88,104)(H,89,103)(H,90,106)(H,91,105)/b30-28+/t52-,53-,54?,55?,58?,59?,60?,61+,62?,63?,64?,66+,68?,69?,70?,71?,83+,84+,85+,86+/m1/s1. The summed E-state index contributed by atoms with van der Waals surface area (Å²) in [5, 5.41) is 35.9. The fourth-order valence-corrected chi connectivity index (χ4v) is 18.5. The minimum Gasteiger partial charge on any atom is -0.434 e. The van der Waals surface area contributed by atoms with Crippen LogP contribution in [0.15, 0.2) is 36.0 Å². The summed E-state index contributed by atoms with van der Waals surface area (Å²) in [6.45, 7) is 32.8. The molecule has 5 aliphatic rings. The zero-order valence-corrected chi connectivity index (χ0v) is 74.2. The van der Waals surface area contributed by atoms with E-state index in [1.165, 1.54) is 101 Å². The van der Waals surface area contributed by atoms with Crippen LogP contribution in [0, 0.1) is 70.0 Å². The number of amides is 11. The number of halogens is 1. The zero-order valence-electron chi connectivity index (χ0n) is 74.2. The van der Waals surface area contributed by atoms with Crippen molar-refractivity contribution in [3.63, 3.8) is 0 Å². The van der Waals surface area contributed by atoms with E-state index in [0.717, 1.165) is 14.7 Å². The number of aliphatic hydroxyl groups excluding tert-OH is 1. The number of fused-ring (bicyclic) bond motifs is 5. The molecule has 30 heteroatoms. The minimum atomic E-state index is -2.25. The van der Waals surface area contributed by atoms with Crippen LogP contribution in [0.3, 0.4) is 0 Å². The maximum absolute atomic E-state index is 18.1. The monoisotopic (exact) mass is 1630 g/mol. The molecule has 0 aromatic rings. The Kier molecular flexibility index (Phi) is 34.4. The number of rotatable bonds is 20. The Labute approximate surface area is 687 Å².